The Kier molecular flexibility index (Phi) is 2.62. The SMILES string of the molecule is Cc1ccnc2c1[nH]c(=S)n2-c1cccc2cnccc12. The predicted octanol–water partition coefficient (Wildman–Crippen LogP) is 3.94. The Bertz CT molecular complexity index is 1020. The molecule has 5 heteroatoms. The fraction of sp³-hybridized carbons (Fsp3) is 0.0625. The second kappa shape index (κ2) is 4.49. The molecular formula is C16H12N4S. The molecule has 3 aromatic heterocycles. The summed E-state index contributed by atoms with van der Waals surface area (Å²) in [6.07, 6.45) is 5.46. The van der Waals surface area contributed by atoms with E-state index in [1.807, 2.05) is 48.1 Å². The minimum Gasteiger partial charge on any atom is -0.329 e. The van der Waals surface area contributed by atoms with Crippen molar-refractivity contribution in [1.82, 2.24) is 19.5 Å². The normalized spacial score (nSPS) is 11.3. The maximum absolute atomic E-state index is 5.51. The molecule has 1 N–H and O–H groups in total. The van der Waals surface area contributed by atoms with E-state index >= 15 is 0 Å². The molecule has 1 aromatic carbocycles. The van der Waals surface area contributed by atoms with Crippen molar-refractivity contribution in [1.29, 1.82) is 0 Å². The fourth-order valence-electron chi connectivity index (χ4n) is 2.65. The minimum absolute atomic E-state index is 0.649. The van der Waals surface area contributed by atoms with Crippen LogP contribution in [0.3, 0.4) is 0 Å². The van der Waals surface area contributed by atoms with E-state index in [1.165, 1.54) is 0 Å². The molecule has 0 radical (unpaired) electrons. The molecular weight excluding hydrogens is 280 g/mol. The number of hydrogen-bond acceptors (Lipinski definition) is 3. The van der Waals surface area contributed by atoms with Gasteiger partial charge in [0, 0.05) is 29.4 Å². The Balaban J connectivity index is 2.17. The van der Waals surface area contributed by atoms with Gasteiger partial charge in [-0.3, -0.25) is 9.55 Å². The highest BCUT2D eigenvalue weighted by Crippen LogP contribution is 2.25. The van der Waals surface area contributed by atoms with Crippen LogP contribution in [-0.4, -0.2) is 19.5 Å². The number of nitrogens with one attached hydrogen (secondary N) is 1. The highest BCUT2D eigenvalue weighted by atomic mass is 32.1. The van der Waals surface area contributed by atoms with Gasteiger partial charge in [0.05, 0.1) is 11.2 Å². The summed E-state index contributed by atoms with van der Waals surface area (Å²) in [6, 6.07) is 10.1. The summed E-state index contributed by atoms with van der Waals surface area (Å²) in [6.45, 7) is 2.05. The van der Waals surface area contributed by atoms with Crippen molar-refractivity contribution in [3.63, 3.8) is 0 Å². The number of pyridine rings is 2. The van der Waals surface area contributed by atoms with Crippen LogP contribution in [0.25, 0.3) is 27.6 Å². The Labute approximate surface area is 126 Å². The van der Waals surface area contributed by atoms with E-state index in [0.717, 1.165) is 33.2 Å². The van der Waals surface area contributed by atoms with Gasteiger partial charge >= 0.3 is 0 Å². The highest BCUT2D eigenvalue weighted by Gasteiger charge is 2.11. The first-order valence-corrected chi connectivity index (χ1v) is 7.06. The predicted molar refractivity (Wildman–Crippen MR) is 86.3 cm³/mol. The van der Waals surface area contributed by atoms with Gasteiger partial charge in [0.15, 0.2) is 10.4 Å². The molecule has 3 heterocycles. The first kappa shape index (κ1) is 12.2. The number of fused-ring (bicyclic) bond motifs is 2. The van der Waals surface area contributed by atoms with Crippen LogP contribution in [0.2, 0.25) is 0 Å². The first-order valence-electron chi connectivity index (χ1n) is 6.65. The number of rotatable bonds is 1. The van der Waals surface area contributed by atoms with Crippen molar-refractivity contribution >= 4 is 34.2 Å². The second-order valence-corrected chi connectivity index (χ2v) is 5.35. The quantitative estimate of drug-likeness (QED) is 0.540. The van der Waals surface area contributed by atoms with E-state index in [0.29, 0.717) is 4.77 Å². The number of nitrogens with zero attached hydrogens (tertiary/aromatic N) is 3. The molecule has 0 amide bonds. The van der Waals surface area contributed by atoms with Crippen molar-refractivity contribution in [3.05, 3.63) is 59.3 Å². The monoisotopic (exact) mass is 292 g/mol. The lowest BCUT2D eigenvalue weighted by molar-refractivity contribution is 1.05. The Morgan fingerprint density at radius 2 is 2.05 bits per heavy atom. The molecule has 0 spiro atoms. The summed E-state index contributed by atoms with van der Waals surface area (Å²) in [4.78, 5) is 11.9. The Morgan fingerprint density at radius 3 is 2.95 bits per heavy atom. The van der Waals surface area contributed by atoms with Gasteiger partial charge in [-0.1, -0.05) is 12.1 Å². The van der Waals surface area contributed by atoms with E-state index in [1.54, 1.807) is 6.20 Å². The lowest BCUT2D eigenvalue weighted by Gasteiger charge is -2.08. The maximum Gasteiger partial charge on any atom is 0.184 e. The van der Waals surface area contributed by atoms with E-state index < -0.39 is 0 Å². The maximum atomic E-state index is 5.51. The minimum atomic E-state index is 0.649. The molecule has 4 rings (SSSR count). The molecule has 0 atom stereocenters. The smallest absolute Gasteiger partial charge is 0.184 e. The molecule has 0 saturated heterocycles. The van der Waals surface area contributed by atoms with Crippen LogP contribution in [0.4, 0.5) is 0 Å². The van der Waals surface area contributed by atoms with Crippen molar-refractivity contribution < 1.29 is 0 Å². The third kappa shape index (κ3) is 1.78. The number of aryl methyl sites for hydroxylation is 1. The molecule has 4 nitrogen and oxygen atoms in total. The lowest BCUT2D eigenvalue weighted by atomic mass is 10.1. The zero-order valence-electron chi connectivity index (χ0n) is 11.4. The summed E-state index contributed by atoms with van der Waals surface area (Å²) in [5, 5.41) is 2.19. The molecule has 0 aliphatic heterocycles. The number of benzene rings is 1. The number of H-pyrrole nitrogens is 1. The van der Waals surface area contributed by atoms with Gasteiger partial charge in [0.1, 0.15) is 0 Å². The highest BCUT2D eigenvalue weighted by molar-refractivity contribution is 7.71. The molecule has 0 aliphatic carbocycles. The Hall–Kier alpha value is -2.53. The molecule has 0 unspecified atom stereocenters. The standard InChI is InChI=1S/C16H12N4S/c1-10-5-8-18-15-14(10)19-16(21)20(15)13-4-2-3-11-9-17-7-6-12(11)13/h2-9H,1H3,(H,19,21). The molecule has 0 fully saturated rings. The molecule has 4 aromatic rings. The van der Waals surface area contributed by atoms with Gasteiger partial charge < -0.3 is 4.98 Å². The average Bonchev–Trinajstić information content (AvgIpc) is 2.84. The van der Waals surface area contributed by atoms with E-state index in [9.17, 15) is 0 Å². The fourth-order valence-corrected chi connectivity index (χ4v) is 2.94. The van der Waals surface area contributed by atoms with Crippen molar-refractivity contribution in [3.8, 4) is 5.69 Å². The van der Waals surface area contributed by atoms with Crippen LogP contribution < -0.4 is 0 Å². The zero-order chi connectivity index (χ0) is 14.4. The average molecular weight is 292 g/mol. The van der Waals surface area contributed by atoms with Crippen LogP contribution in [0.5, 0.6) is 0 Å². The zero-order valence-corrected chi connectivity index (χ0v) is 12.2. The molecule has 0 aliphatic rings. The van der Waals surface area contributed by atoms with Gasteiger partial charge in [0.2, 0.25) is 0 Å². The van der Waals surface area contributed by atoms with Crippen LogP contribution >= 0.6 is 12.2 Å². The first-order chi connectivity index (χ1) is 10.3. The van der Waals surface area contributed by atoms with Crippen LogP contribution in [0, 0.1) is 11.7 Å². The van der Waals surface area contributed by atoms with Crippen molar-refractivity contribution in [2.45, 2.75) is 6.92 Å². The van der Waals surface area contributed by atoms with E-state index in [2.05, 4.69) is 21.0 Å². The number of aromatic nitrogens is 4. The summed E-state index contributed by atoms with van der Waals surface area (Å²) in [5.41, 5.74) is 3.98. The van der Waals surface area contributed by atoms with Crippen molar-refractivity contribution in [2.75, 3.05) is 0 Å². The third-order valence-electron chi connectivity index (χ3n) is 3.68. The second-order valence-electron chi connectivity index (χ2n) is 4.97. The van der Waals surface area contributed by atoms with Crippen LogP contribution in [-0.2, 0) is 0 Å². The van der Waals surface area contributed by atoms with Crippen LogP contribution in [0.15, 0.2) is 48.9 Å². The summed E-state index contributed by atoms with van der Waals surface area (Å²) in [7, 11) is 0. The molecule has 21 heavy (non-hydrogen) atoms. The topological polar surface area (TPSA) is 46.5 Å². The van der Waals surface area contributed by atoms with Crippen molar-refractivity contribution in [2.24, 2.45) is 0 Å². The third-order valence-corrected chi connectivity index (χ3v) is 3.97. The number of imidazole rings is 1. The van der Waals surface area contributed by atoms with E-state index in [4.69, 9.17) is 12.2 Å². The summed E-state index contributed by atoms with van der Waals surface area (Å²) in [5.74, 6) is 0. The van der Waals surface area contributed by atoms with Gasteiger partial charge in [-0.05, 0) is 42.9 Å². The van der Waals surface area contributed by atoms with Gasteiger partial charge in [-0.25, -0.2) is 4.98 Å². The molecule has 102 valence electrons. The van der Waals surface area contributed by atoms with E-state index in [-0.39, 0.29) is 0 Å². The number of hydrogen-bond donors (Lipinski definition) is 1. The Morgan fingerprint density at radius 1 is 1.14 bits per heavy atom. The van der Waals surface area contributed by atoms with Gasteiger partial charge in [0.25, 0.3) is 0 Å². The lowest BCUT2D eigenvalue weighted by Crippen LogP contribution is -1.97. The summed E-state index contributed by atoms with van der Waals surface area (Å²) >= 11 is 5.51. The van der Waals surface area contributed by atoms with Crippen LogP contribution in [0.1, 0.15) is 5.56 Å². The number of aromatic amines is 1. The summed E-state index contributed by atoms with van der Waals surface area (Å²) < 4.78 is 2.64. The molecule has 0 bridgehead atoms. The van der Waals surface area contributed by atoms with Gasteiger partial charge in [-0.15, -0.1) is 0 Å². The van der Waals surface area contributed by atoms with Gasteiger partial charge in [-0.2, -0.15) is 0 Å². The molecule has 0 saturated carbocycles. The largest absolute Gasteiger partial charge is 0.329 e.